The molecule has 0 aliphatic heterocycles. The molecule has 0 amide bonds. The molecule has 0 saturated heterocycles. The Kier molecular flexibility index (Phi) is 2.45. The van der Waals surface area contributed by atoms with Crippen molar-refractivity contribution in [1.29, 1.82) is 0 Å². The molecule has 1 aliphatic rings. The second kappa shape index (κ2) is 3.18. The van der Waals surface area contributed by atoms with Crippen molar-refractivity contribution < 1.29 is 4.39 Å². The predicted octanol–water partition coefficient (Wildman–Crippen LogP) is 0.639. The Morgan fingerprint density at radius 2 is 2.09 bits per heavy atom. The summed E-state index contributed by atoms with van der Waals surface area (Å²) >= 11 is 0. The van der Waals surface area contributed by atoms with E-state index in [1.807, 2.05) is 0 Å². The lowest BCUT2D eigenvalue weighted by atomic mass is 9.76. The molecular formula is C9H16BN+. The molecule has 0 spiro atoms. The third-order valence-electron chi connectivity index (χ3n) is 1.87. The van der Waals surface area contributed by atoms with E-state index in [9.17, 15) is 0 Å². The zero-order valence-corrected chi connectivity index (χ0v) is 7.83. The van der Waals surface area contributed by atoms with E-state index in [4.69, 9.17) is 0 Å². The Morgan fingerprint density at radius 3 is 2.55 bits per heavy atom. The number of quaternary nitrogens is 1. The Hall–Kier alpha value is -0.625. The van der Waals surface area contributed by atoms with Crippen molar-refractivity contribution in [2.45, 2.75) is 0 Å². The molecule has 0 heterocycles. The monoisotopic (exact) mass is 149 g/mol. The molecule has 0 unspecified atom stereocenters. The fourth-order valence-electron chi connectivity index (χ4n) is 1.46. The first-order valence-electron chi connectivity index (χ1n) is 4.20. The van der Waals surface area contributed by atoms with Crippen LogP contribution in [0.2, 0.25) is 0 Å². The van der Waals surface area contributed by atoms with Gasteiger partial charge in [0.2, 0.25) is 7.41 Å². The van der Waals surface area contributed by atoms with Gasteiger partial charge in [-0.2, -0.15) is 0 Å². The van der Waals surface area contributed by atoms with Crippen LogP contribution in [-0.2, 0) is 0 Å². The van der Waals surface area contributed by atoms with Crippen LogP contribution in [0.15, 0.2) is 23.7 Å². The van der Waals surface area contributed by atoms with Gasteiger partial charge in [-0.25, -0.2) is 0 Å². The van der Waals surface area contributed by atoms with E-state index >= 15 is 0 Å². The van der Waals surface area contributed by atoms with E-state index in [2.05, 4.69) is 52.2 Å². The van der Waals surface area contributed by atoms with Crippen LogP contribution in [0.25, 0.3) is 0 Å². The van der Waals surface area contributed by atoms with Crippen molar-refractivity contribution >= 4 is 7.41 Å². The molecule has 0 fully saturated rings. The minimum atomic E-state index is -0.0122. The highest BCUT2D eigenvalue weighted by molar-refractivity contribution is 6.38. The van der Waals surface area contributed by atoms with Gasteiger partial charge >= 0.3 is 0 Å². The summed E-state index contributed by atoms with van der Waals surface area (Å²) in [5.74, 6) is 0. The third-order valence-corrected chi connectivity index (χ3v) is 1.87. The highest BCUT2D eigenvalue weighted by atomic mass is 15.2. The van der Waals surface area contributed by atoms with Crippen molar-refractivity contribution in [3.05, 3.63) is 36.5 Å². The Morgan fingerprint density at radius 1 is 1.36 bits per heavy atom. The summed E-state index contributed by atoms with van der Waals surface area (Å²) in [4.78, 5) is 0. The number of rotatable bonds is 2. The van der Waals surface area contributed by atoms with Crippen LogP contribution in [-0.4, -0.2) is 33.0 Å². The Labute approximate surface area is 70.3 Å². The molecule has 0 bridgehead atoms. The maximum atomic E-state index is 2.26. The minimum absolute atomic E-state index is 0.0122. The lowest BCUT2D eigenvalue weighted by Gasteiger charge is -2.33. The van der Waals surface area contributed by atoms with Crippen molar-refractivity contribution in [2.75, 3.05) is 21.1 Å². The van der Waals surface area contributed by atoms with E-state index in [0.717, 1.165) is 4.39 Å². The molecule has 0 atom stereocenters. The van der Waals surface area contributed by atoms with Crippen LogP contribution in [0, 0.1) is 12.8 Å². The van der Waals surface area contributed by atoms with Crippen LogP contribution >= 0.6 is 0 Å². The molecule has 0 N–H and O–H groups in total. The zero-order valence-electron chi connectivity index (χ0n) is 7.83. The van der Waals surface area contributed by atoms with Crippen molar-refractivity contribution in [1.82, 2.24) is 0 Å². The van der Waals surface area contributed by atoms with Gasteiger partial charge in [0.25, 0.3) is 0 Å². The van der Waals surface area contributed by atoms with Crippen molar-refractivity contribution in [3.8, 4) is 0 Å². The highest BCUT2D eigenvalue weighted by Crippen LogP contribution is 2.08. The SMILES string of the molecule is C[N+](C)(C)[BH2-]C1=C[CH][CH+]C=C1. The average molecular weight is 149 g/mol. The summed E-state index contributed by atoms with van der Waals surface area (Å²) in [5, 5.41) is 0. The minimum Gasteiger partial charge on any atom is -0.523 e. The van der Waals surface area contributed by atoms with Gasteiger partial charge in [0.1, 0.15) is 0 Å². The standard InChI is InChI=1S/C9H16BN/c1-11(2,3)10-9-7-5-4-6-8-9/h4-8H,10H2,1-3H3/q+1. The van der Waals surface area contributed by atoms with E-state index in [1.54, 1.807) is 0 Å². The molecule has 1 radical (unpaired) electrons. The van der Waals surface area contributed by atoms with Crippen molar-refractivity contribution in [3.63, 3.8) is 0 Å². The summed E-state index contributed by atoms with van der Waals surface area (Å²) < 4.78 is 1.12. The van der Waals surface area contributed by atoms with Gasteiger partial charge < -0.3 is 4.39 Å². The summed E-state index contributed by atoms with van der Waals surface area (Å²) in [6.45, 7) is 0. The molecule has 0 aromatic rings. The second-order valence-corrected chi connectivity index (χ2v) is 4.56. The molecule has 59 valence electrons. The molecular weight excluding hydrogens is 133 g/mol. The first kappa shape index (κ1) is 8.47. The van der Waals surface area contributed by atoms with E-state index in [-0.39, 0.29) is 7.41 Å². The second-order valence-electron chi connectivity index (χ2n) is 4.56. The lowest BCUT2D eigenvalue weighted by molar-refractivity contribution is -0.754. The predicted molar refractivity (Wildman–Crippen MR) is 52.4 cm³/mol. The van der Waals surface area contributed by atoms with Gasteiger partial charge in [-0.15, -0.1) is 0 Å². The van der Waals surface area contributed by atoms with Crippen LogP contribution in [0.1, 0.15) is 0 Å². The lowest BCUT2D eigenvalue weighted by Crippen LogP contribution is -2.39. The number of allylic oxidation sites excluding steroid dienone is 4. The molecule has 1 aliphatic carbocycles. The fourth-order valence-corrected chi connectivity index (χ4v) is 1.46. The number of hydrogen-bond donors (Lipinski definition) is 0. The molecule has 0 saturated carbocycles. The summed E-state index contributed by atoms with van der Waals surface area (Å²) in [7, 11) is 6.76. The van der Waals surface area contributed by atoms with Gasteiger partial charge in [0, 0.05) is 27.2 Å². The molecule has 1 rings (SSSR count). The van der Waals surface area contributed by atoms with Crippen LogP contribution in [0.5, 0.6) is 0 Å². The number of nitrogens with zero attached hydrogens (tertiary/aromatic N) is 1. The summed E-state index contributed by atoms with van der Waals surface area (Å²) in [6.07, 6.45) is 10.8. The smallest absolute Gasteiger partial charge is 0.229 e. The maximum absolute atomic E-state index is 2.26. The van der Waals surface area contributed by atoms with Gasteiger partial charge in [-0.1, -0.05) is 11.5 Å². The maximum Gasteiger partial charge on any atom is 0.229 e. The average Bonchev–Trinajstić information content (AvgIpc) is 1.85. The van der Waals surface area contributed by atoms with Crippen LogP contribution in [0.4, 0.5) is 0 Å². The first-order chi connectivity index (χ1) is 5.08. The highest BCUT2D eigenvalue weighted by Gasteiger charge is 2.08. The van der Waals surface area contributed by atoms with E-state index in [0.29, 0.717) is 0 Å². The van der Waals surface area contributed by atoms with Crippen molar-refractivity contribution in [2.24, 2.45) is 0 Å². The fraction of sp³-hybridized carbons (Fsp3) is 0.333. The summed E-state index contributed by atoms with van der Waals surface area (Å²) in [5.41, 5.74) is 1.53. The molecule has 11 heavy (non-hydrogen) atoms. The Balaban J connectivity index is 2.49. The van der Waals surface area contributed by atoms with Crippen LogP contribution in [0.3, 0.4) is 0 Å². The van der Waals surface area contributed by atoms with Gasteiger partial charge in [-0.05, 0) is 0 Å². The molecule has 2 heteroatoms. The first-order valence-corrected chi connectivity index (χ1v) is 4.20. The van der Waals surface area contributed by atoms with E-state index < -0.39 is 0 Å². The largest absolute Gasteiger partial charge is 0.523 e. The molecule has 1 nitrogen and oxygen atoms in total. The van der Waals surface area contributed by atoms with Gasteiger partial charge in [0.15, 0.2) is 0 Å². The Bertz CT molecular complexity index is 186. The number of hydrogen-bond acceptors (Lipinski definition) is 0. The quantitative estimate of drug-likeness (QED) is 0.399. The zero-order chi connectivity index (χ0) is 8.32. The van der Waals surface area contributed by atoms with Gasteiger partial charge in [-0.3, -0.25) is 0 Å². The molecule has 0 aromatic carbocycles. The molecule has 0 aromatic heterocycles. The van der Waals surface area contributed by atoms with Gasteiger partial charge in [0.05, 0.1) is 18.9 Å². The topological polar surface area (TPSA) is 0 Å². The summed E-state index contributed by atoms with van der Waals surface area (Å²) in [6, 6.07) is 0. The van der Waals surface area contributed by atoms with Crippen LogP contribution < -0.4 is 0 Å². The normalized spacial score (nSPS) is 17.5. The third kappa shape index (κ3) is 3.33. The van der Waals surface area contributed by atoms with E-state index in [1.165, 1.54) is 5.47 Å².